The number of carbonyl (C=O) groups excluding carboxylic acids is 1. The van der Waals surface area contributed by atoms with Crippen LogP contribution >= 0.6 is 15.9 Å². The fourth-order valence-electron chi connectivity index (χ4n) is 2.96. The molecule has 2 amide bonds. The number of amides is 2. The molecular weight excluding hydrogens is 400 g/mol. The van der Waals surface area contributed by atoms with Gasteiger partial charge in [0.2, 0.25) is 0 Å². The summed E-state index contributed by atoms with van der Waals surface area (Å²) in [5.41, 5.74) is 0.643. The lowest BCUT2D eigenvalue weighted by molar-refractivity contribution is 0.180. The lowest BCUT2D eigenvalue weighted by atomic mass is 10.1. The number of aromatic nitrogens is 6. The second-order valence-corrected chi connectivity index (χ2v) is 6.93. The van der Waals surface area contributed by atoms with E-state index in [-0.39, 0.29) is 6.03 Å². The minimum absolute atomic E-state index is 0.114. The van der Waals surface area contributed by atoms with E-state index in [0.717, 1.165) is 17.3 Å². The van der Waals surface area contributed by atoms with Crippen LogP contribution < -0.4 is 5.32 Å². The molecule has 3 aromatic rings. The van der Waals surface area contributed by atoms with Crippen LogP contribution in [0.1, 0.15) is 18.9 Å². The third-order valence-electron chi connectivity index (χ3n) is 4.32. The zero-order valence-electron chi connectivity index (χ0n) is 13.9. The number of anilines is 1. The maximum atomic E-state index is 12.5. The number of likely N-dealkylation sites (tertiary alicyclic amines) is 1. The van der Waals surface area contributed by atoms with Crippen molar-refractivity contribution in [2.45, 2.75) is 18.9 Å². The van der Waals surface area contributed by atoms with E-state index in [2.05, 4.69) is 41.5 Å². The van der Waals surface area contributed by atoms with Gasteiger partial charge in [-0.2, -0.15) is 15.3 Å². The van der Waals surface area contributed by atoms with Gasteiger partial charge in [0.1, 0.15) is 0 Å². The van der Waals surface area contributed by atoms with Crippen molar-refractivity contribution < 1.29 is 4.79 Å². The highest BCUT2D eigenvalue weighted by molar-refractivity contribution is 9.10. The number of hydrogen-bond acceptors (Lipinski definition) is 5. The molecule has 1 aliphatic rings. The zero-order chi connectivity index (χ0) is 17.9. The van der Waals surface area contributed by atoms with Crippen molar-refractivity contribution in [2.75, 3.05) is 18.4 Å². The Labute approximate surface area is 158 Å². The van der Waals surface area contributed by atoms with Gasteiger partial charge in [-0.05, 0) is 40.9 Å². The number of halogens is 1. The maximum Gasteiger partial charge on any atom is 0.321 e. The summed E-state index contributed by atoms with van der Waals surface area (Å²) >= 11 is 3.42. The maximum absolute atomic E-state index is 12.5. The normalized spacial score (nSPS) is 15.2. The average molecular weight is 417 g/mol. The molecule has 0 aromatic carbocycles. The number of carbonyl (C=O) groups is 1. The topological polar surface area (TPSA) is 93.8 Å². The highest BCUT2D eigenvalue weighted by atomic mass is 79.9. The number of pyridine rings is 1. The molecule has 4 heterocycles. The summed E-state index contributed by atoms with van der Waals surface area (Å²) in [4.78, 5) is 20.0. The largest absolute Gasteiger partial charge is 0.324 e. The molecule has 10 heteroatoms. The van der Waals surface area contributed by atoms with E-state index in [4.69, 9.17) is 0 Å². The number of rotatable bonds is 3. The third-order valence-corrected chi connectivity index (χ3v) is 4.73. The van der Waals surface area contributed by atoms with Crippen LogP contribution in [-0.2, 0) is 0 Å². The van der Waals surface area contributed by atoms with Gasteiger partial charge in [-0.15, -0.1) is 4.80 Å². The number of nitrogens with one attached hydrogen (secondary N) is 1. The van der Waals surface area contributed by atoms with Crippen molar-refractivity contribution in [3.05, 3.63) is 47.6 Å². The number of piperidine rings is 1. The van der Waals surface area contributed by atoms with Crippen molar-refractivity contribution in [1.82, 2.24) is 34.7 Å². The molecule has 0 bridgehead atoms. The minimum Gasteiger partial charge on any atom is -0.324 e. The lowest BCUT2D eigenvalue weighted by Gasteiger charge is -2.32. The second kappa shape index (κ2) is 7.24. The molecule has 0 spiro atoms. The highest BCUT2D eigenvalue weighted by Gasteiger charge is 2.24. The Balaban J connectivity index is 1.32. The summed E-state index contributed by atoms with van der Waals surface area (Å²) in [6.45, 7) is 1.38. The number of urea groups is 1. The van der Waals surface area contributed by atoms with Crippen LogP contribution in [0.25, 0.3) is 5.82 Å². The molecule has 0 saturated carbocycles. The molecule has 0 radical (unpaired) electrons. The van der Waals surface area contributed by atoms with Gasteiger partial charge in [0.25, 0.3) is 0 Å². The Hall–Kier alpha value is -2.75. The highest BCUT2D eigenvalue weighted by Crippen LogP contribution is 2.23. The van der Waals surface area contributed by atoms with Gasteiger partial charge in [0, 0.05) is 19.3 Å². The first-order valence-corrected chi connectivity index (χ1v) is 9.07. The van der Waals surface area contributed by atoms with Crippen LogP contribution in [0.2, 0.25) is 0 Å². The van der Waals surface area contributed by atoms with Gasteiger partial charge >= 0.3 is 6.03 Å². The van der Waals surface area contributed by atoms with E-state index in [1.54, 1.807) is 36.9 Å². The molecular formula is C16H17BrN8O. The van der Waals surface area contributed by atoms with Crippen LogP contribution in [0.4, 0.5) is 10.5 Å². The van der Waals surface area contributed by atoms with Gasteiger partial charge in [-0.3, -0.25) is 4.68 Å². The van der Waals surface area contributed by atoms with Crippen LogP contribution in [0, 0.1) is 0 Å². The summed E-state index contributed by atoms with van der Waals surface area (Å²) in [5, 5.41) is 15.3. The predicted octanol–water partition coefficient (Wildman–Crippen LogP) is 2.49. The predicted molar refractivity (Wildman–Crippen MR) is 97.9 cm³/mol. The molecule has 4 rings (SSSR count). The molecule has 1 saturated heterocycles. The second-order valence-electron chi connectivity index (χ2n) is 6.01. The van der Waals surface area contributed by atoms with Gasteiger partial charge in [0.05, 0.1) is 41.0 Å². The van der Waals surface area contributed by atoms with Crippen LogP contribution in [0.5, 0.6) is 0 Å². The standard InChI is InChI=1S/C16H17BrN8O/c17-12-9-21-24(11-12)14-3-7-23(8-4-14)16(26)22-13-1-2-15(18-10-13)25-19-5-6-20-25/h1-2,5-6,9-11,14H,3-4,7-8H2,(H,22,26). The molecule has 9 nitrogen and oxygen atoms in total. The van der Waals surface area contributed by atoms with Gasteiger partial charge in [-0.25, -0.2) is 9.78 Å². The van der Waals surface area contributed by atoms with Crippen LogP contribution in [0.3, 0.4) is 0 Å². The Bertz CT molecular complexity index is 868. The number of hydrogen-bond donors (Lipinski definition) is 1. The molecule has 134 valence electrons. The zero-order valence-corrected chi connectivity index (χ0v) is 15.4. The Morgan fingerprint density at radius 1 is 1.12 bits per heavy atom. The summed E-state index contributed by atoms with van der Waals surface area (Å²) in [7, 11) is 0. The molecule has 1 fully saturated rings. The van der Waals surface area contributed by atoms with Crippen LogP contribution in [0.15, 0.2) is 47.6 Å². The first-order valence-electron chi connectivity index (χ1n) is 8.27. The SMILES string of the molecule is O=C(Nc1ccc(-n2nccn2)nc1)N1CCC(n2cc(Br)cn2)CC1. The van der Waals surface area contributed by atoms with Crippen LogP contribution in [-0.4, -0.2) is 53.8 Å². The quantitative estimate of drug-likeness (QED) is 0.707. The summed E-state index contributed by atoms with van der Waals surface area (Å²) in [5.74, 6) is 0.596. The van der Waals surface area contributed by atoms with E-state index in [1.165, 1.54) is 4.80 Å². The third kappa shape index (κ3) is 3.59. The fraction of sp³-hybridized carbons (Fsp3) is 0.312. The van der Waals surface area contributed by atoms with E-state index in [1.807, 2.05) is 15.8 Å². The lowest BCUT2D eigenvalue weighted by Crippen LogP contribution is -2.41. The minimum atomic E-state index is -0.114. The van der Waals surface area contributed by atoms with Crippen molar-refractivity contribution in [2.24, 2.45) is 0 Å². The van der Waals surface area contributed by atoms with Crippen molar-refractivity contribution in [1.29, 1.82) is 0 Å². The fourth-order valence-corrected chi connectivity index (χ4v) is 3.26. The summed E-state index contributed by atoms with van der Waals surface area (Å²) < 4.78 is 2.93. The van der Waals surface area contributed by atoms with Crippen molar-refractivity contribution in [3.63, 3.8) is 0 Å². The molecule has 0 atom stereocenters. The summed E-state index contributed by atoms with van der Waals surface area (Å²) in [6, 6.07) is 3.76. The first kappa shape index (κ1) is 16.7. The van der Waals surface area contributed by atoms with Gasteiger partial charge < -0.3 is 10.2 Å². The summed E-state index contributed by atoms with van der Waals surface area (Å²) in [6.07, 6.45) is 10.3. The molecule has 1 aliphatic heterocycles. The first-order chi connectivity index (χ1) is 12.7. The Kier molecular flexibility index (Phi) is 4.65. The molecule has 0 aliphatic carbocycles. The van der Waals surface area contributed by atoms with E-state index in [9.17, 15) is 4.79 Å². The average Bonchev–Trinajstić information content (AvgIpc) is 3.34. The molecule has 1 N–H and O–H groups in total. The van der Waals surface area contributed by atoms with Crippen molar-refractivity contribution >= 4 is 27.6 Å². The van der Waals surface area contributed by atoms with Gasteiger partial charge in [-0.1, -0.05) is 0 Å². The number of nitrogens with zero attached hydrogens (tertiary/aromatic N) is 7. The molecule has 26 heavy (non-hydrogen) atoms. The van der Waals surface area contributed by atoms with E-state index < -0.39 is 0 Å². The van der Waals surface area contributed by atoms with Crippen molar-refractivity contribution in [3.8, 4) is 5.82 Å². The molecule has 3 aromatic heterocycles. The van der Waals surface area contributed by atoms with Gasteiger partial charge in [0.15, 0.2) is 5.82 Å². The smallest absolute Gasteiger partial charge is 0.321 e. The van der Waals surface area contributed by atoms with E-state index in [0.29, 0.717) is 30.6 Å². The monoisotopic (exact) mass is 416 g/mol. The Morgan fingerprint density at radius 2 is 1.88 bits per heavy atom. The van der Waals surface area contributed by atoms with E-state index >= 15 is 0 Å². The molecule has 0 unspecified atom stereocenters. The Morgan fingerprint density at radius 3 is 2.50 bits per heavy atom.